The highest BCUT2D eigenvalue weighted by Crippen LogP contribution is 2.38. The van der Waals surface area contributed by atoms with Crippen LogP contribution in [0.25, 0.3) is 0 Å². The highest BCUT2D eigenvalue weighted by atomic mass is 16.5. The molecule has 6 amide bonds. The minimum atomic E-state index is -0.981. The quantitative estimate of drug-likeness (QED) is 0.0888. The van der Waals surface area contributed by atoms with Crippen LogP contribution in [0.4, 0.5) is 0 Å². The smallest absolute Gasteiger partial charge is 0.246 e. The van der Waals surface area contributed by atoms with E-state index in [1.807, 2.05) is 102 Å². The fraction of sp³-hybridized carbons (Fsp3) is 0.536. The Balaban J connectivity index is 1.24. The lowest BCUT2D eigenvalue weighted by Gasteiger charge is -2.42. The van der Waals surface area contributed by atoms with Crippen LogP contribution in [0.2, 0.25) is 0 Å². The summed E-state index contributed by atoms with van der Waals surface area (Å²) in [6.45, 7) is 16.7. The van der Waals surface area contributed by atoms with E-state index in [0.29, 0.717) is 18.1 Å². The van der Waals surface area contributed by atoms with Crippen molar-refractivity contribution in [1.82, 2.24) is 51.8 Å². The summed E-state index contributed by atoms with van der Waals surface area (Å²) in [6, 6.07) is 18.0. The number of amides is 6. The van der Waals surface area contributed by atoms with Crippen LogP contribution in [0.15, 0.2) is 77.3 Å². The minimum absolute atomic E-state index is 0.0811. The zero-order chi connectivity index (χ0) is 52.9. The van der Waals surface area contributed by atoms with Crippen molar-refractivity contribution in [2.24, 2.45) is 10.8 Å². The zero-order valence-electron chi connectivity index (χ0n) is 44.4. The van der Waals surface area contributed by atoms with Gasteiger partial charge in [0.15, 0.2) is 5.82 Å². The predicted octanol–water partition coefficient (Wildman–Crippen LogP) is 4.89. The fourth-order valence-corrected chi connectivity index (χ4v) is 10.3. The molecule has 1 aromatic heterocycles. The molecule has 392 valence electrons. The Morgan fingerprint density at radius 2 is 1.34 bits per heavy atom. The van der Waals surface area contributed by atoms with Crippen LogP contribution >= 0.6 is 0 Å². The summed E-state index contributed by atoms with van der Waals surface area (Å²) >= 11 is 0. The van der Waals surface area contributed by atoms with E-state index >= 15 is 9.59 Å². The molecule has 2 aliphatic heterocycles. The topological polar surface area (TPSA) is 220 Å². The number of rotatable bonds is 16. The number of fused-ring (bicyclic) bond motifs is 2. The number of carbonyl (C=O) groups is 6. The first-order valence-electron chi connectivity index (χ1n) is 25.8. The van der Waals surface area contributed by atoms with Gasteiger partial charge in [-0.25, -0.2) is 0 Å². The number of nitrogens with one attached hydrogen (secondary N) is 6. The van der Waals surface area contributed by atoms with Gasteiger partial charge in [-0.05, 0) is 97.8 Å². The van der Waals surface area contributed by atoms with Crippen LogP contribution in [0.3, 0.4) is 0 Å². The Kier molecular flexibility index (Phi) is 16.9. The molecule has 0 saturated carbocycles. The molecule has 0 radical (unpaired) electrons. The molecule has 9 atom stereocenters. The molecule has 3 heterocycles. The molecule has 6 N–H and O–H groups in total. The number of nitrogens with zero attached hydrogens (tertiary/aromatic N) is 4. The average Bonchev–Trinajstić information content (AvgIpc) is 4.02. The van der Waals surface area contributed by atoms with Crippen molar-refractivity contribution < 1.29 is 33.3 Å². The van der Waals surface area contributed by atoms with Gasteiger partial charge in [-0.3, -0.25) is 28.8 Å². The third-order valence-electron chi connectivity index (χ3n) is 14.9. The SMILES string of the molecule is CN[C@@H](C)C(=O)NC(C(=O)N1CC(c2ccc3c(c2)CN(C(=O)C(NC(=O)[C@H](C)NC)C(C)(C)C)C(C(=O)NC2CCCc4ccccc42)C3)CC1C(=O)NC(Cc1ccccc1)c1noc(C)n1)C(C)(C)C. The van der Waals surface area contributed by atoms with Crippen molar-refractivity contribution in [1.29, 1.82) is 0 Å². The summed E-state index contributed by atoms with van der Waals surface area (Å²) in [7, 11) is 3.36. The van der Waals surface area contributed by atoms with Gasteiger partial charge in [0.2, 0.25) is 41.3 Å². The Morgan fingerprint density at radius 3 is 1.95 bits per heavy atom. The average molecular weight is 1000 g/mol. The largest absolute Gasteiger partial charge is 0.347 e. The number of benzene rings is 3. The lowest BCUT2D eigenvalue weighted by molar-refractivity contribution is -0.147. The summed E-state index contributed by atoms with van der Waals surface area (Å²) in [6.07, 6.45) is 3.46. The van der Waals surface area contributed by atoms with Crippen molar-refractivity contribution in [3.8, 4) is 0 Å². The van der Waals surface area contributed by atoms with Gasteiger partial charge in [0, 0.05) is 38.8 Å². The van der Waals surface area contributed by atoms with Crippen LogP contribution in [-0.2, 0) is 54.6 Å². The maximum Gasteiger partial charge on any atom is 0.246 e. The van der Waals surface area contributed by atoms with Crippen LogP contribution in [0.1, 0.15) is 138 Å². The van der Waals surface area contributed by atoms with Crippen molar-refractivity contribution in [3.05, 3.63) is 118 Å². The van der Waals surface area contributed by atoms with E-state index in [1.54, 1.807) is 44.7 Å². The molecule has 17 heteroatoms. The van der Waals surface area contributed by atoms with E-state index in [0.717, 1.165) is 47.1 Å². The molecule has 3 aromatic carbocycles. The number of likely N-dealkylation sites (tertiary alicyclic amines) is 1. The van der Waals surface area contributed by atoms with Gasteiger partial charge in [-0.2, -0.15) is 4.98 Å². The Bertz CT molecular complexity index is 2640. The second kappa shape index (κ2) is 22.8. The number of hydrogen-bond acceptors (Lipinski definition) is 11. The number of hydrogen-bond donors (Lipinski definition) is 6. The number of aryl methyl sites for hydroxylation is 2. The molecule has 4 aromatic rings. The molecule has 7 unspecified atom stereocenters. The summed E-state index contributed by atoms with van der Waals surface area (Å²) in [5, 5.41) is 22.6. The maximum absolute atomic E-state index is 15.1. The molecule has 3 aliphatic rings. The van der Waals surface area contributed by atoms with Crippen LogP contribution in [0, 0.1) is 17.8 Å². The second-order valence-electron chi connectivity index (χ2n) is 22.4. The van der Waals surface area contributed by atoms with Gasteiger partial charge >= 0.3 is 0 Å². The summed E-state index contributed by atoms with van der Waals surface area (Å²) in [5.74, 6) is -1.83. The van der Waals surface area contributed by atoms with Crippen molar-refractivity contribution in [2.75, 3.05) is 20.6 Å². The maximum atomic E-state index is 15.1. The van der Waals surface area contributed by atoms with Crippen LogP contribution < -0.4 is 31.9 Å². The van der Waals surface area contributed by atoms with E-state index in [1.165, 1.54) is 5.56 Å². The van der Waals surface area contributed by atoms with Gasteiger partial charge in [-0.1, -0.05) is 119 Å². The monoisotopic (exact) mass is 1000 g/mol. The molecule has 73 heavy (non-hydrogen) atoms. The van der Waals surface area contributed by atoms with E-state index in [-0.39, 0.29) is 61.5 Å². The normalized spacial score (nSPS) is 20.9. The lowest BCUT2D eigenvalue weighted by Crippen LogP contribution is -2.62. The molecule has 1 saturated heterocycles. The van der Waals surface area contributed by atoms with Gasteiger partial charge in [0.25, 0.3) is 0 Å². The number of carbonyl (C=O) groups excluding carboxylic acids is 6. The molecule has 0 spiro atoms. The predicted molar refractivity (Wildman–Crippen MR) is 277 cm³/mol. The van der Waals surface area contributed by atoms with E-state index in [2.05, 4.69) is 54.2 Å². The van der Waals surface area contributed by atoms with Crippen LogP contribution in [0.5, 0.6) is 0 Å². The number of likely N-dealkylation sites (N-methyl/N-ethyl adjacent to an activating group) is 2. The van der Waals surface area contributed by atoms with Gasteiger partial charge < -0.3 is 46.2 Å². The first-order chi connectivity index (χ1) is 34.6. The first kappa shape index (κ1) is 54.3. The van der Waals surface area contributed by atoms with Crippen molar-refractivity contribution in [3.63, 3.8) is 0 Å². The molecule has 0 bridgehead atoms. The minimum Gasteiger partial charge on any atom is -0.347 e. The Hall–Kier alpha value is -6.46. The highest BCUT2D eigenvalue weighted by molar-refractivity contribution is 5.95. The van der Waals surface area contributed by atoms with Crippen LogP contribution in [-0.4, -0.2) is 112 Å². The van der Waals surface area contributed by atoms with E-state index in [4.69, 9.17) is 4.52 Å². The Labute approximate surface area is 430 Å². The molecular weight excluding hydrogens is 925 g/mol. The molecular formula is C56H76N10O7. The third-order valence-corrected chi connectivity index (χ3v) is 14.9. The second-order valence-corrected chi connectivity index (χ2v) is 22.4. The third kappa shape index (κ3) is 12.7. The summed E-state index contributed by atoms with van der Waals surface area (Å²) in [5.41, 5.74) is 4.32. The highest BCUT2D eigenvalue weighted by Gasteiger charge is 2.47. The van der Waals surface area contributed by atoms with Gasteiger partial charge in [0.1, 0.15) is 24.2 Å². The first-order valence-corrected chi connectivity index (χ1v) is 25.8. The Morgan fingerprint density at radius 1 is 0.726 bits per heavy atom. The summed E-state index contributed by atoms with van der Waals surface area (Å²) in [4.78, 5) is 94.4. The van der Waals surface area contributed by atoms with E-state index in [9.17, 15) is 19.2 Å². The van der Waals surface area contributed by atoms with E-state index < -0.39 is 64.9 Å². The number of aromatic nitrogens is 2. The van der Waals surface area contributed by atoms with Crippen molar-refractivity contribution >= 4 is 35.4 Å². The molecule has 7 rings (SSSR count). The summed E-state index contributed by atoms with van der Waals surface area (Å²) < 4.78 is 5.36. The zero-order valence-corrected chi connectivity index (χ0v) is 44.4. The molecule has 17 nitrogen and oxygen atoms in total. The van der Waals surface area contributed by atoms with Crippen molar-refractivity contribution in [2.45, 2.75) is 162 Å². The molecule has 1 fully saturated rings. The fourth-order valence-electron chi connectivity index (χ4n) is 10.3. The van der Waals surface area contributed by atoms with Gasteiger partial charge in [0.05, 0.1) is 24.2 Å². The lowest BCUT2D eigenvalue weighted by atomic mass is 9.83. The van der Waals surface area contributed by atoms with Gasteiger partial charge in [-0.15, -0.1) is 0 Å². The standard InChI is InChI=1S/C56H76N10O7/c1-32(57-10)49(67)62-46(55(4,5)6)53(71)65-30-39-27-37(24-25-38(39)28-44(65)51(69)60-42-23-17-21-36-20-15-16-22-41(36)42)40-29-45(66(31-40)54(72)47(56(7,8)9)63-50(68)33(2)58-11)52(70)61-43(48-59-34(3)73-64-48)26-35-18-13-12-14-19-35/h12-16,18-20,22,24-25,27,32-33,40,42-47,57-58H,17,21,23,26,28-31H2,1-11H3,(H,60,69)(H,61,70)(H,62,67)(H,63,68)/t32-,33-,40?,42?,43?,44?,45?,46?,47?/m0/s1. The molecule has 1 aliphatic carbocycles.